The Morgan fingerprint density at radius 2 is 1.69 bits per heavy atom. The Hall–Kier alpha value is -3.39. The fourth-order valence-corrected chi connectivity index (χ4v) is 5.18. The Kier molecular flexibility index (Phi) is 6.96. The minimum atomic E-state index is -0.519. The van der Waals surface area contributed by atoms with Gasteiger partial charge in [0.15, 0.2) is 0 Å². The Balaban J connectivity index is 1.30. The number of imide groups is 1. The zero-order chi connectivity index (χ0) is 25.2. The van der Waals surface area contributed by atoms with E-state index in [1.54, 1.807) is 48.5 Å². The van der Waals surface area contributed by atoms with Crippen molar-refractivity contribution in [3.05, 3.63) is 116 Å². The van der Waals surface area contributed by atoms with Crippen LogP contribution in [-0.4, -0.2) is 22.0 Å². The van der Waals surface area contributed by atoms with Crippen molar-refractivity contribution in [1.29, 1.82) is 0 Å². The Labute approximate surface area is 224 Å². The Morgan fingerprint density at radius 1 is 0.944 bits per heavy atom. The van der Waals surface area contributed by atoms with E-state index in [4.69, 9.17) is 16.3 Å². The first-order chi connectivity index (χ1) is 17.4. The van der Waals surface area contributed by atoms with Gasteiger partial charge in [0, 0.05) is 5.02 Å². The molecule has 36 heavy (non-hydrogen) atoms. The molecule has 4 aromatic carbocycles. The van der Waals surface area contributed by atoms with Crippen LogP contribution < -0.4 is 4.74 Å². The van der Waals surface area contributed by atoms with Crippen LogP contribution in [0, 0.1) is 0 Å². The van der Waals surface area contributed by atoms with Gasteiger partial charge < -0.3 is 4.74 Å². The van der Waals surface area contributed by atoms with Gasteiger partial charge in [0.05, 0.1) is 21.5 Å². The molecule has 1 aliphatic rings. The van der Waals surface area contributed by atoms with Crippen molar-refractivity contribution < 1.29 is 19.1 Å². The van der Waals surface area contributed by atoms with Gasteiger partial charge in [-0.3, -0.25) is 14.5 Å². The molecule has 2 amide bonds. The lowest BCUT2D eigenvalue weighted by molar-refractivity contribution is -0.123. The highest BCUT2D eigenvalue weighted by molar-refractivity contribution is 9.10. The summed E-state index contributed by atoms with van der Waals surface area (Å²) in [6, 6.07) is 25.3. The van der Waals surface area contributed by atoms with Crippen molar-refractivity contribution in [2.45, 2.75) is 6.54 Å². The zero-order valence-corrected chi connectivity index (χ0v) is 21.8. The van der Waals surface area contributed by atoms with Crippen LogP contribution in [-0.2, 0) is 11.3 Å². The molecule has 1 heterocycles. The van der Waals surface area contributed by atoms with Gasteiger partial charge in [-0.2, -0.15) is 0 Å². The largest absolute Gasteiger partial charge is 0.422 e. The lowest BCUT2D eigenvalue weighted by Crippen LogP contribution is -2.27. The maximum atomic E-state index is 13.0. The Bertz CT molecular complexity index is 1550. The molecule has 1 fully saturated rings. The van der Waals surface area contributed by atoms with E-state index in [9.17, 15) is 14.4 Å². The summed E-state index contributed by atoms with van der Waals surface area (Å²) in [5.74, 6) is -0.529. The number of hydrogen-bond donors (Lipinski definition) is 0. The summed E-state index contributed by atoms with van der Waals surface area (Å²) >= 11 is 10.2. The number of rotatable bonds is 5. The van der Waals surface area contributed by atoms with Crippen molar-refractivity contribution in [2.24, 2.45) is 0 Å². The first kappa shape index (κ1) is 24.3. The molecule has 0 aliphatic carbocycles. The molecule has 1 saturated heterocycles. The number of thioether (sulfide) groups is 1. The number of hydrogen-bond acceptors (Lipinski definition) is 5. The predicted molar refractivity (Wildman–Crippen MR) is 146 cm³/mol. The number of carbonyl (C=O) groups excluding carboxylic acids is 3. The van der Waals surface area contributed by atoms with Gasteiger partial charge in [0.25, 0.3) is 11.1 Å². The number of fused-ring (bicyclic) bond motifs is 1. The van der Waals surface area contributed by atoms with Crippen LogP contribution >= 0.6 is 39.3 Å². The van der Waals surface area contributed by atoms with Crippen LogP contribution in [0.25, 0.3) is 16.8 Å². The number of esters is 1. The van der Waals surface area contributed by atoms with E-state index in [1.165, 1.54) is 4.90 Å². The molecule has 8 heteroatoms. The van der Waals surface area contributed by atoms with Gasteiger partial charge in [-0.15, -0.1) is 0 Å². The van der Waals surface area contributed by atoms with Gasteiger partial charge in [0.1, 0.15) is 5.75 Å². The standard InChI is InChI=1S/C28H17BrClNO4S/c29-23-14-17(6-12-24(23)35-27(33)20-8-10-22(30)11-9-20)15-25-26(32)31(28(34)36-25)16-18-5-7-19-3-1-2-4-21(19)13-18/h1-15H,16H2/b25-15-. The average Bonchev–Trinajstić information content (AvgIpc) is 3.13. The van der Waals surface area contributed by atoms with Crippen LogP contribution in [0.15, 0.2) is 94.3 Å². The quantitative estimate of drug-likeness (QED) is 0.138. The summed E-state index contributed by atoms with van der Waals surface area (Å²) in [6.07, 6.45) is 1.65. The second kappa shape index (κ2) is 10.3. The highest BCUT2D eigenvalue weighted by atomic mass is 79.9. The third kappa shape index (κ3) is 5.23. The average molecular weight is 579 g/mol. The van der Waals surface area contributed by atoms with Crippen LogP contribution in [0.4, 0.5) is 4.79 Å². The SMILES string of the molecule is O=C(Oc1ccc(/C=C2\SC(=O)N(Cc3ccc4ccccc4c3)C2=O)cc1Br)c1ccc(Cl)cc1. The van der Waals surface area contributed by atoms with Gasteiger partial charge in [-0.1, -0.05) is 54.1 Å². The summed E-state index contributed by atoms with van der Waals surface area (Å²) in [6.45, 7) is 0.204. The minimum absolute atomic E-state index is 0.204. The van der Waals surface area contributed by atoms with Crippen LogP contribution in [0.3, 0.4) is 0 Å². The molecule has 0 aromatic heterocycles. The highest BCUT2D eigenvalue weighted by Crippen LogP contribution is 2.35. The molecule has 178 valence electrons. The summed E-state index contributed by atoms with van der Waals surface area (Å²) in [5.41, 5.74) is 1.94. The summed E-state index contributed by atoms with van der Waals surface area (Å²) in [7, 11) is 0. The van der Waals surface area contributed by atoms with Crippen molar-refractivity contribution in [1.82, 2.24) is 4.90 Å². The molecule has 1 aliphatic heterocycles. The normalized spacial score (nSPS) is 14.6. The molecule has 4 aromatic rings. The van der Waals surface area contributed by atoms with Crippen molar-refractivity contribution in [3.8, 4) is 5.75 Å². The summed E-state index contributed by atoms with van der Waals surface area (Å²) in [5, 5.41) is 2.37. The topological polar surface area (TPSA) is 63.7 Å². The van der Waals surface area contributed by atoms with E-state index in [1.807, 2.05) is 42.5 Å². The zero-order valence-electron chi connectivity index (χ0n) is 18.6. The molecule has 0 radical (unpaired) electrons. The third-order valence-electron chi connectivity index (χ3n) is 5.56. The van der Waals surface area contributed by atoms with E-state index >= 15 is 0 Å². The van der Waals surface area contributed by atoms with Gasteiger partial charge in [-0.25, -0.2) is 4.79 Å². The molecule has 0 unspecified atom stereocenters. The molecular formula is C28H17BrClNO4S. The van der Waals surface area contributed by atoms with Gasteiger partial charge >= 0.3 is 5.97 Å². The van der Waals surface area contributed by atoms with Gasteiger partial charge in [0.2, 0.25) is 0 Å². The van der Waals surface area contributed by atoms with Crippen LogP contribution in [0.2, 0.25) is 5.02 Å². The number of amides is 2. The van der Waals surface area contributed by atoms with Gasteiger partial charge in [-0.05, 0) is 98.1 Å². The van der Waals surface area contributed by atoms with Crippen molar-refractivity contribution >= 4 is 73.3 Å². The van der Waals surface area contributed by atoms with Crippen molar-refractivity contribution in [3.63, 3.8) is 0 Å². The molecule has 0 spiro atoms. The van der Waals surface area contributed by atoms with E-state index in [0.29, 0.717) is 31.3 Å². The molecule has 5 nitrogen and oxygen atoms in total. The minimum Gasteiger partial charge on any atom is -0.422 e. The number of carbonyl (C=O) groups is 3. The van der Waals surface area contributed by atoms with E-state index in [-0.39, 0.29) is 17.7 Å². The summed E-state index contributed by atoms with van der Waals surface area (Å²) in [4.78, 5) is 39.6. The number of nitrogens with zero attached hydrogens (tertiary/aromatic N) is 1. The van der Waals surface area contributed by atoms with E-state index in [2.05, 4.69) is 15.9 Å². The molecule has 0 saturated carbocycles. The lowest BCUT2D eigenvalue weighted by atomic mass is 10.1. The van der Waals surface area contributed by atoms with Crippen molar-refractivity contribution in [2.75, 3.05) is 0 Å². The second-order valence-corrected chi connectivity index (χ2v) is 10.3. The monoisotopic (exact) mass is 577 g/mol. The Morgan fingerprint density at radius 3 is 2.44 bits per heavy atom. The smallest absolute Gasteiger partial charge is 0.343 e. The predicted octanol–water partition coefficient (Wildman–Crippen LogP) is 7.71. The van der Waals surface area contributed by atoms with E-state index in [0.717, 1.165) is 28.1 Å². The maximum Gasteiger partial charge on any atom is 0.343 e. The summed E-state index contributed by atoms with van der Waals surface area (Å²) < 4.78 is 6.00. The molecule has 0 bridgehead atoms. The first-order valence-electron chi connectivity index (χ1n) is 10.9. The molecule has 5 rings (SSSR count). The fourth-order valence-electron chi connectivity index (χ4n) is 3.74. The number of benzene rings is 4. The number of halogens is 2. The molecular weight excluding hydrogens is 562 g/mol. The van der Waals surface area contributed by atoms with Crippen LogP contribution in [0.5, 0.6) is 5.75 Å². The first-order valence-corrected chi connectivity index (χ1v) is 12.9. The fraction of sp³-hybridized carbons (Fsp3) is 0.0357. The third-order valence-corrected chi connectivity index (χ3v) is 7.34. The lowest BCUT2D eigenvalue weighted by Gasteiger charge is -2.13. The number of ether oxygens (including phenoxy) is 1. The molecule has 0 atom stereocenters. The maximum absolute atomic E-state index is 13.0. The van der Waals surface area contributed by atoms with E-state index < -0.39 is 5.97 Å². The highest BCUT2D eigenvalue weighted by Gasteiger charge is 2.35. The molecule has 0 N–H and O–H groups in total. The second-order valence-electron chi connectivity index (χ2n) is 8.04. The van der Waals surface area contributed by atoms with Crippen LogP contribution in [0.1, 0.15) is 21.5 Å².